The Labute approximate surface area is 247 Å². The predicted molar refractivity (Wildman–Crippen MR) is 164 cm³/mol. The monoisotopic (exact) mass is 567 g/mol. The highest BCUT2D eigenvalue weighted by Crippen LogP contribution is 2.35. The Morgan fingerprint density at radius 3 is 2.38 bits per heavy atom. The molecule has 8 heteroatoms. The number of ether oxygens (including phenoxy) is 4. The van der Waals surface area contributed by atoms with E-state index < -0.39 is 0 Å². The number of hydrogen-bond donors (Lipinski definition) is 1. The molecule has 1 unspecified atom stereocenters. The quantitative estimate of drug-likeness (QED) is 0.108. The van der Waals surface area contributed by atoms with Crippen molar-refractivity contribution < 1.29 is 23.7 Å². The molecular weight excluding hydrogens is 530 g/mol. The second-order valence-corrected chi connectivity index (χ2v) is 10.3. The maximum absolute atomic E-state index is 12.7. The Morgan fingerprint density at radius 1 is 0.929 bits per heavy atom. The molecule has 0 saturated carbocycles. The molecule has 4 aromatic rings. The van der Waals surface area contributed by atoms with Crippen LogP contribution in [0.5, 0.6) is 11.5 Å². The third-order valence-electron chi connectivity index (χ3n) is 6.60. The van der Waals surface area contributed by atoms with Gasteiger partial charge in [-0.2, -0.15) is 0 Å². The first-order valence-electron chi connectivity index (χ1n) is 14.0. The number of rotatable bonds is 14. The zero-order chi connectivity index (χ0) is 29.9. The van der Waals surface area contributed by atoms with Crippen LogP contribution in [0.1, 0.15) is 43.4 Å². The molecule has 4 rings (SSSR count). The van der Waals surface area contributed by atoms with Crippen LogP contribution in [-0.2, 0) is 20.7 Å². The van der Waals surface area contributed by atoms with E-state index in [1.807, 2.05) is 49.4 Å². The first-order valence-corrected chi connectivity index (χ1v) is 14.0. The highest BCUT2D eigenvalue weighted by atomic mass is 16.6. The zero-order valence-corrected chi connectivity index (χ0v) is 24.6. The largest absolute Gasteiger partial charge is 0.487 e. The summed E-state index contributed by atoms with van der Waals surface area (Å²) >= 11 is 0. The Kier molecular flexibility index (Phi) is 10.7. The van der Waals surface area contributed by atoms with Gasteiger partial charge in [-0.3, -0.25) is 4.79 Å². The molecule has 3 aromatic carbocycles. The number of terminal acetylenes is 1. The van der Waals surface area contributed by atoms with Crippen LogP contribution in [-0.4, -0.2) is 49.5 Å². The molecule has 0 fully saturated rings. The van der Waals surface area contributed by atoms with E-state index in [0.29, 0.717) is 42.0 Å². The van der Waals surface area contributed by atoms with E-state index in [2.05, 4.69) is 47.2 Å². The summed E-state index contributed by atoms with van der Waals surface area (Å²) in [5.41, 5.74) is 4.39. The molecule has 0 bridgehead atoms. The van der Waals surface area contributed by atoms with Crippen LogP contribution in [0.15, 0.2) is 67.0 Å². The minimum atomic E-state index is -0.379. The van der Waals surface area contributed by atoms with E-state index in [-0.39, 0.29) is 25.1 Å². The summed E-state index contributed by atoms with van der Waals surface area (Å²) in [6.07, 6.45) is 8.03. The lowest BCUT2D eigenvalue weighted by Crippen LogP contribution is -2.17. The van der Waals surface area contributed by atoms with Gasteiger partial charge < -0.3 is 24.3 Å². The summed E-state index contributed by atoms with van der Waals surface area (Å²) in [5, 5.41) is 4.05. The molecule has 1 aromatic heterocycles. The van der Waals surface area contributed by atoms with E-state index in [4.69, 9.17) is 25.4 Å². The molecule has 0 spiro atoms. The minimum absolute atomic E-state index is 0.0895. The SMILES string of the molecule is C#Cc1cccc(Nc2ncnc3cc(OCCOC(=O)C(C)c4ccc(CC(C)C)cc4)c(OCCOC)cc23)c1. The molecule has 1 atom stereocenters. The number of esters is 1. The second kappa shape index (κ2) is 14.9. The number of nitrogens with one attached hydrogen (secondary N) is 1. The first kappa shape index (κ1) is 30.4. The number of carbonyl (C=O) groups is 1. The topological polar surface area (TPSA) is 91.8 Å². The Bertz CT molecular complexity index is 1530. The number of nitrogens with zero attached hydrogens (tertiary/aromatic N) is 2. The van der Waals surface area contributed by atoms with Gasteiger partial charge in [0.2, 0.25) is 0 Å². The van der Waals surface area contributed by atoms with Crippen molar-refractivity contribution in [2.75, 3.05) is 38.9 Å². The van der Waals surface area contributed by atoms with Crippen molar-refractivity contribution in [1.29, 1.82) is 0 Å². The van der Waals surface area contributed by atoms with Gasteiger partial charge in [0.05, 0.1) is 18.0 Å². The molecule has 0 aliphatic heterocycles. The Morgan fingerprint density at radius 2 is 1.67 bits per heavy atom. The summed E-state index contributed by atoms with van der Waals surface area (Å²) < 4.78 is 22.7. The van der Waals surface area contributed by atoms with E-state index in [0.717, 1.165) is 28.6 Å². The van der Waals surface area contributed by atoms with Gasteiger partial charge in [0, 0.05) is 29.8 Å². The number of benzene rings is 3. The number of aromatic nitrogens is 2. The third kappa shape index (κ3) is 8.21. The van der Waals surface area contributed by atoms with Crippen LogP contribution in [0.2, 0.25) is 0 Å². The average molecular weight is 568 g/mol. The van der Waals surface area contributed by atoms with Gasteiger partial charge in [-0.1, -0.05) is 50.1 Å². The van der Waals surface area contributed by atoms with Gasteiger partial charge in [0.25, 0.3) is 0 Å². The van der Waals surface area contributed by atoms with Crippen molar-refractivity contribution in [3.05, 3.63) is 83.7 Å². The number of carbonyl (C=O) groups excluding carboxylic acids is 1. The smallest absolute Gasteiger partial charge is 0.313 e. The maximum atomic E-state index is 12.7. The third-order valence-corrected chi connectivity index (χ3v) is 6.60. The molecule has 0 amide bonds. The van der Waals surface area contributed by atoms with Gasteiger partial charge in [-0.25, -0.2) is 9.97 Å². The zero-order valence-electron chi connectivity index (χ0n) is 24.6. The fourth-order valence-electron chi connectivity index (χ4n) is 4.42. The molecule has 0 aliphatic carbocycles. The first-order chi connectivity index (χ1) is 20.4. The van der Waals surface area contributed by atoms with E-state index in [1.165, 1.54) is 11.9 Å². The fourth-order valence-corrected chi connectivity index (χ4v) is 4.42. The molecule has 8 nitrogen and oxygen atoms in total. The molecular formula is C34H37N3O5. The van der Waals surface area contributed by atoms with Crippen molar-refractivity contribution >= 4 is 28.4 Å². The highest BCUT2D eigenvalue weighted by Gasteiger charge is 2.18. The summed E-state index contributed by atoms with van der Waals surface area (Å²) in [6, 6.07) is 19.3. The van der Waals surface area contributed by atoms with Gasteiger partial charge in [-0.05, 0) is 54.7 Å². The van der Waals surface area contributed by atoms with Crippen LogP contribution in [0, 0.1) is 18.3 Å². The van der Waals surface area contributed by atoms with Crippen molar-refractivity contribution in [1.82, 2.24) is 9.97 Å². The van der Waals surface area contributed by atoms with Crippen molar-refractivity contribution in [2.24, 2.45) is 5.92 Å². The molecule has 1 heterocycles. The summed E-state index contributed by atoms with van der Waals surface area (Å²) in [7, 11) is 1.61. The number of methoxy groups -OCH3 is 1. The van der Waals surface area contributed by atoms with Gasteiger partial charge >= 0.3 is 5.97 Å². The van der Waals surface area contributed by atoms with Crippen LogP contribution in [0.3, 0.4) is 0 Å². The minimum Gasteiger partial charge on any atom is -0.487 e. The van der Waals surface area contributed by atoms with Crippen molar-refractivity contribution in [2.45, 2.75) is 33.1 Å². The Hall–Kier alpha value is -4.61. The van der Waals surface area contributed by atoms with Crippen LogP contribution >= 0.6 is 0 Å². The molecule has 1 N–H and O–H groups in total. The van der Waals surface area contributed by atoms with E-state index >= 15 is 0 Å². The maximum Gasteiger partial charge on any atom is 0.313 e. The number of fused-ring (bicyclic) bond motifs is 1. The van der Waals surface area contributed by atoms with Crippen LogP contribution in [0.25, 0.3) is 10.9 Å². The van der Waals surface area contributed by atoms with Gasteiger partial charge in [0.15, 0.2) is 11.5 Å². The predicted octanol–water partition coefficient (Wildman–Crippen LogP) is 6.30. The highest BCUT2D eigenvalue weighted by molar-refractivity contribution is 5.93. The second-order valence-electron chi connectivity index (χ2n) is 10.3. The normalized spacial score (nSPS) is 11.6. The van der Waals surface area contributed by atoms with Crippen LogP contribution < -0.4 is 14.8 Å². The van der Waals surface area contributed by atoms with Crippen LogP contribution in [0.4, 0.5) is 11.5 Å². The molecule has 0 aliphatic rings. The van der Waals surface area contributed by atoms with Crippen molar-refractivity contribution in [3.8, 4) is 23.8 Å². The number of hydrogen-bond acceptors (Lipinski definition) is 8. The van der Waals surface area contributed by atoms with Crippen molar-refractivity contribution in [3.63, 3.8) is 0 Å². The van der Waals surface area contributed by atoms with E-state index in [9.17, 15) is 4.79 Å². The standard InChI is InChI=1S/C34H37N3O5/c1-6-25-8-7-9-28(19-25)37-33-29-20-31(40-15-14-39-5)32(21-30(29)35-22-36-33)41-16-17-42-34(38)24(4)27-12-10-26(11-13-27)18-23(2)3/h1,7-13,19-24H,14-18H2,2-5H3,(H,35,36,37). The van der Waals surface area contributed by atoms with E-state index in [1.54, 1.807) is 13.2 Å². The lowest BCUT2D eigenvalue weighted by atomic mass is 9.97. The summed E-state index contributed by atoms with van der Waals surface area (Å²) in [6.45, 7) is 7.18. The van der Waals surface area contributed by atoms with Gasteiger partial charge in [-0.15, -0.1) is 6.42 Å². The molecule has 218 valence electrons. The summed E-state index contributed by atoms with van der Waals surface area (Å²) in [5.74, 6) is 4.10. The number of anilines is 2. The molecule has 0 radical (unpaired) electrons. The lowest BCUT2D eigenvalue weighted by molar-refractivity contribution is -0.145. The van der Waals surface area contributed by atoms with Gasteiger partial charge in [0.1, 0.15) is 32.0 Å². The molecule has 0 saturated heterocycles. The fraction of sp³-hybridized carbons (Fsp3) is 0.324. The summed E-state index contributed by atoms with van der Waals surface area (Å²) in [4.78, 5) is 21.6. The average Bonchev–Trinajstić information content (AvgIpc) is 2.99. The molecule has 42 heavy (non-hydrogen) atoms. The lowest BCUT2D eigenvalue weighted by Gasteiger charge is -2.16. The Balaban J connectivity index is 1.43.